The van der Waals surface area contributed by atoms with E-state index in [2.05, 4.69) is 10.3 Å². The Hall–Kier alpha value is -4.33. The summed E-state index contributed by atoms with van der Waals surface area (Å²) in [5, 5.41) is 3.91. The quantitative estimate of drug-likeness (QED) is 0.227. The van der Waals surface area contributed by atoms with Gasteiger partial charge >= 0.3 is 0 Å². The van der Waals surface area contributed by atoms with Crippen LogP contribution in [-0.4, -0.2) is 29.6 Å². The van der Waals surface area contributed by atoms with Gasteiger partial charge in [-0.1, -0.05) is 18.2 Å². The third kappa shape index (κ3) is 4.62. The lowest BCUT2D eigenvalue weighted by Crippen LogP contribution is -2.18. The number of hydrogen-bond donors (Lipinski definition) is 2. The molecule has 188 valence electrons. The van der Waals surface area contributed by atoms with Crippen molar-refractivity contribution in [2.45, 2.75) is 25.7 Å². The number of aromatic amines is 1. The Balaban J connectivity index is 1.69. The molecule has 0 fully saturated rings. The second kappa shape index (κ2) is 9.28. The summed E-state index contributed by atoms with van der Waals surface area (Å²) < 4.78 is 46.3. The van der Waals surface area contributed by atoms with E-state index in [-0.39, 0.29) is 18.1 Å². The molecule has 0 radical (unpaired) electrons. The topological polar surface area (TPSA) is 75.1 Å². The molecule has 0 aliphatic heterocycles. The molecule has 0 bridgehead atoms. The number of nitrogens with one attached hydrogen (secondary N) is 2. The van der Waals surface area contributed by atoms with Crippen molar-refractivity contribution < 1.29 is 27.2 Å². The van der Waals surface area contributed by atoms with Gasteiger partial charge in [0.1, 0.15) is 17.2 Å². The highest BCUT2D eigenvalue weighted by atomic mass is 19.3. The van der Waals surface area contributed by atoms with Gasteiger partial charge in [-0.2, -0.15) is 0 Å². The SMILES string of the molecule is CNC(=O)c1c(-c2ccc(F)cc2)oc2c1cc(-c1cccc(C(=O)CCC(C)(F)F)c1)c1[nH]ccc12. The lowest BCUT2D eigenvalue weighted by atomic mass is 9.95. The summed E-state index contributed by atoms with van der Waals surface area (Å²) in [4.78, 5) is 28.8. The van der Waals surface area contributed by atoms with Crippen LogP contribution >= 0.6 is 0 Å². The molecule has 2 heterocycles. The maximum atomic E-state index is 13.6. The van der Waals surface area contributed by atoms with Gasteiger partial charge < -0.3 is 14.7 Å². The number of aromatic nitrogens is 1. The fourth-order valence-corrected chi connectivity index (χ4v) is 4.50. The average molecular weight is 505 g/mol. The normalized spacial score (nSPS) is 11.8. The number of carbonyl (C=O) groups is 2. The first kappa shape index (κ1) is 24.4. The fourth-order valence-electron chi connectivity index (χ4n) is 4.50. The number of halogens is 3. The molecule has 5 aromatic rings. The second-order valence-electron chi connectivity index (χ2n) is 9.03. The Kier molecular flexibility index (Phi) is 6.11. The van der Waals surface area contributed by atoms with Gasteiger partial charge in [0, 0.05) is 53.5 Å². The van der Waals surface area contributed by atoms with Crippen molar-refractivity contribution in [3.05, 3.63) is 83.8 Å². The predicted molar refractivity (Wildman–Crippen MR) is 136 cm³/mol. The molecule has 0 aliphatic rings. The maximum Gasteiger partial charge on any atom is 0.255 e. The molecule has 37 heavy (non-hydrogen) atoms. The highest BCUT2D eigenvalue weighted by Gasteiger charge is 2.26. The van der Waals surface area contributed by atoms with Crippen LogP contribution in [0.3, 0.4) is 0 Å². The lowest BCUT2D eigenvalue weighted by molar-refractivity contribution is 0.0113. The number of carbonyl (C=O) groups excluding carboxylic acids is 2. The molecule has 5 rings (SSSR count). The molecule has 2 aromatic heterocycles. The number of Topliss-reactive ketones (excluding diaryl/α,β-unsaturated/α-hetero) is 1. The monoisotopic (exact) mass is 504 g/mol. The van der Waals surface area contributed by atoms with Gasteiger partial charge in [-0.15, -0.1) is 0 Å². The number of alkyl halides is 2. The number of ketones is 1. The van der Waals surface area contributed by atoms with E-state index in [0.717, 1.165) is 12.4 Å². The molecular formula is C29H23F3N2O3. The third-order valence-electron chi connectivity index (χ3n) is 6.34. The molecular weight excluding hydrogens is 481 g/mol. The number of hydrogen-bond acceptors (Lipinski definition) is 3. The highest BCUT2D eigenvalue weighted by molar-refractivity contribution is 6.19. The first-order valence-corrected chi connectivity index (χ1v) is 11.7. The average Bonchev–Trinajstić information content (AvgIpc) is 3.51. The zero-order valence-electron chi connectivity index (χ0n) is 20.1. The Labute approximate surface area is 210 Å². The zero-order chi connectivity index (χ0) is 26.3. The summed E-state index contributed by atoms with van der Waals surface area (Å²) in [6.45, 7) is 0.795. The van der Waals surface area contributed by atoms with Gasteiger partial charge in [0.25, 0.3) is 5.91 Å². The van der Waals surface area contributed by atoms with Crippen molar-refractivity contribution in [3.8, 4) is 22.5 Å². The van der Waals surface area contributed by atoms with Crippen LogP contribution in [0, 0.1) is 5.82 Å². The van der Waals surface area contributed by atoms with E-state index in [9.17, 15) is 22.8 Å². The maximum absolute atomic E-state index is 13.6. The van der Waals surface area contributed by atoms with Crippen LogP contribution in [0.4, 0.5) is 13.2 Å². The van der Waals surface area contributed by atoms with Gasteiger partial charge in [-0.25, -0.2) is 13.2 Å². The van der Waals surface area contributed by atoms with Crippen molar-refractivity contribution in [3.63, 3.8) is 0 Å². The van der Waals surface area contributed by atoms with Crippen molar-refractivity contribution in [2.24, 2.45) is 0 Å². The van der Waals surface area contributed by atoms with Crippen molar-refractivity contribution in [1.29, 1.82) is 0 Å². The van der Waals surface area contributed by atoms with Crippen LogP contribution in [-0.2, 0) is 0 Å². The molecule has 0 saturated carbocycles. The lowest BCUT2D eigenvalue weighted by Gasteiger charge is -2.10. The summed E-state index contributed by atoms with van der Waals surface area (Å²) in [5.41, 5.74) is 3.76. The Morgan fingerprint density at radius 2 is 1.76 bits per heavy atom. The minimum absolute atomic E-state index is 0.270. The summed E-state index contributed by atoms with van der Waals surface area (Å²) in [7, 11) is 1.51. The van der Waals surface area contributed by atoms with E-state index in [1.165, 1.54) is 19.2 Å². The molecule has 0 saturated heterocycles. The largest absolute Gasteiger partial charge is 0.454 e. The molecule has 3 aromatic carbocycles. The van der Waals surface area contributed by atoms with E-state index in [4.69, 9.17) is 4.42 Å². The van der Waals surface area contributed by atoms with Crippen LogP contribution in [0.2, 0.25) is 0 Å². The van der Waals surface area contributed by atoms with Gasteiger partial charge in [0.2, 0.25) is 5.92 Å². The molecule has 0 atom stereocenters. The first-order chi connectivity index (χ1) is 17.7. The number of benzene rings is 3. The molecule has 0 aliphatic carbocycles. The molecule has 0 unspecified atom stereocenters. The number of furan rings is 1. The van der Waals surface area contributed by atoms with E-state index in [0.29, 0.717) is 49.9 Å². The van der Waals surface area contributed by atoms with Crippen LogP contribution in [0.15, 0.2) is 71.3 Å². The van der Waals surface area contributed by atoms with Crippen LogP contribution in [0.25, 0.3) is 44.3 Å². The van der Waals surface area contributed by atoms with Crippen LogP contribution in [0.1, 0.15) is 40.5 Å². The Morgan fingerprint density at radius 3 is 2.46 bits per heavy atom. The fraction of sp³-hybridized carbons (Fsp3) is 0.172. The minimum Gasteiger partial charge on any atom is -0.454 e. The van der Waals surface area contributed by atoms with E-state index in [1.54, 1.807) is 42.6 Å². The third-order valence-corrected chi connectivity index (χ3v) is 6.34. The van der Waals surface area contributed by atoms with Crippen molar-refractivity contribution in [2.75, 3.05) is 7.05 Å². The Bertz CT molecular complexity index is 1640. The van der Waals surface area contributed by atoms with Crippen LogP contribution in [0.5, 0.6) is 0 Å². The van der Waals surface area contributed by atoms with Gasteiger partial charge in [0.05, 0.1) is 11.1 Å². The number of rotatable bonds is 7. The molecule has 5 nitrogen and oxygen atoms in total. The summed E-state index contributed by atoms with van der Waals surface area (Å²) in [6.07, 6.45) is 0.943. The van der Waals surface area contributed by atoms with Crippen molar-refractivity contribution in [1.82, 2.24) is 10.3 Å². The summed E-state index contributed by atoms with van der Waals surface area (Å²) >= 11 is 0. The number of H-pyrrole nitrogens is 1. The smallest absolute Gasteiger partial charge is 0.255 e. The standard InChI is InChI=1S/C29H23F3N2O3/c1-29(31,32)12-10-23(35)18-5-3-4-17(14-18)21-15-22-24(28(36)33-2)26(16-6-8-19(30)9-7-16)37-27(22)20-11-13-34-25(20)21/h3-9,11,13-15,34H,10,12H2,1-2H3,(H,33,36). The second-order valence-corrected chi connectivity index (χ2v) is 9.03. The number of fused-ring (bicyclic) bond motifs is 3. The molecule has 1 amide bonds. The predicted octanol–water partition coefficient (Wildman–Crippen LogP) is 7.36. The first-order valence-electron chi connectivity index (χ1n) is 11.7. The molecule has 8 heteroatoms. The van der Waals surface area contributed by atoms with Gasteiger partial charge in [-0.05, 0) is 55.0 Å². The van der Waals surface area contributed by atoms with Gasteiger partial charge in [-0.3, -0.25) is 9.59 Å². The van der Waals surface area contributed by atoms with Crippen molar-refractivity contribution >= 4 is 33.6 Å². The van der Waals surface area contributed by atoms with E-state index in [1.807, 2.05) is 12.1 Å². The molecule has 2 N–H and O–H groups in total. The van der Waals surface area contributed by atoms with E-state index < -0.39 is 18.2 Å². The van der Waals surface area contributed by atoms with Gasteiger partial charge in [0.15, 0.2) is 5.78 Å². The van der Waals surface area contributed by atoms with E-state index >= 15 is 0 Å². The summed E-state index contributed by atoms with van der Waals surface area (Å²) in [6, 6.07) is 16.1. The summed E-state index contributed by atoms with van der Waals surface area (Å²) in [5.74, 6) is -3.77. The highest BCUT2D eigenvalue weighted by Crippen LogP contribution is 2.41. The zero-order valence-corrected chi connectivity index (χ0v) is 20.1. The number of amides is 1. The Morgan fingerprint density at radius 1 is 1.00 bits per heavy atom. The van der Waals surface area contributed by atoms with Crippen LogP contribution < -0.4 is 5.32 Å². The molecule has 0 spiro atoms. The minimum atomic E-state index is -2.92.